The predicted molar refractivity (Wildman–Crippen MR) is 65.9 cm³/mol. The second kappa shape index (κ2) is 5.10. The minimum Gasteiger partial charge on any atom is -0.424 e. The molecule has 0 radical (unpaired) electrons. The van der Waals surface area contributed by atoms with Crippen LogP contribution in [0.5, 0.6) is 11.8 Å². The van der Waals surface area contributed by atoms with Crippen LogP contribution in [-0.4, -0.2) is 9.97 Å². The molecule has 5 heteroatoms. The maximum atomic E-state index is 13.1. The Morgan fingerprint density at radius 1 is 1.22 bits per heavy atom. The number of aryl methyl sites for hydroxylation is 2. The van der Waals surface area contributed by atoms with Gasteiger partial charge in [0.15, 0.2) is 0 Å². The summed E-state index contributed by atoms with van der Waals surface area (Å²) in [5.41, 5.74) is 7.79. The first kappa shape index (κ1) is 12.4. The van der Waals surface area contributed by atoms with Crippen LogP contribution in [0.25, 0.3) is 0 Å². The van der Waals surface area contributed by atoms with Crippen LogP contribution in [0.1, 0.15) is 17.0 Å². The van der Waals surface area contributed by atoms with Crippen LogP contribution in [-0.2, 0) is 6.54 Å². The van der Waals surface area contributed by atoms with E-state index in [4.69, 9.17) is 10.5 Å². The van der Waals surface area contributed by atoms with Gasteiger partial charge in [-0.15, -0.1) is 0 Å². The second-order valence-electron chi connectivity index (χ2n) is 4.00. The standard InChI is InChI=1S/C13H14FN3O/c1-8-3-4-10(14)6-12(8)18-13-16-9(2)5-11(7-15)17-13/h3-6H,7,15H2,1-2H3. The van der Waals surface area contributed by atoms with Gasteiger partial charge in [-0.05, 0) is 31.5 Å². The van der Waals surface area contributed by atoms with E-state index < -0.39 is 0 Å². The first-order valence-corrected chi connectivity index (χ1v) is 5.57. The Balaban J connectivity index is 2.33. The minimum absolute atomic E-state index is 0.184. The summed E-state index contributed by atoms with van der Waals surface area (Å²) in [6.45, 7) is 3.96. The Kier molecular flexibility index (Phi) is 3.53. The quantitative estimate of drug-likeness (QED) is 0.905. The first-order valence-electron chi connectivity index (χ1n) is 5.57. The molecule has 0 aliphatic heterocycles. The highest BCUT2D eigenvalue weighted by Crippen LogP contribution is 2.23. The summed E-state index contributed by atoms with van der Waals surface area (Å²) >= 11 is 0. The molecule has 0 aliphatic carbocycles. The molecular weight excluding hydrogens is 233 g/mol. The maximum Gasteiger partial charge on any atom is 0.322 e. The zero-order valence-electron chi connectivity index (χ0n) is 10.3. The molecule has 0 saturated heterocycles. The van der Waals surface area contributed by atoms with Gasteiger partial charge in [0.1, 0.15) is 11.6 Å². The van der Waals surface area contributed by atoms with E-state index in [1.165, 1.54) is 12.1 Å². The molecule has 1 aromatic heterocycles. The predicted octanol–water partition coefficient (Wildman–Crippen LogP) is 2.48. The van der Waals surface area contributed by atoms with Crippen molar-refractivity contribution in [3.63, 3.8) is 0 Å². The topological polar surface area (TPSA) is 61.0 Å². The molecule has 2 aromatic rings. The number of nitrogens with two attached hydrogens (primary N) is 1. The molecule has 0 aliphatic rings. The van der Waals surface area contributed by atoms with E-state index in [0.29, 0.717) is 18.0 Å². The van der Waals surface area contributed by atoms with Crippen molar-refractivity contribution in [1.29, 1.82) is 0 Å². The fourth-order valence-corrected chi connectivity index (χ4v) is 1.54. The molecule has 0 unspecified atom stereocenters. The molecule has 94 valence electrons. The highest BCUT2D eigenvalue weighted by atomic mass is 19.1. The second-order valence-corrected chi connectivity index (χ2v) is 4.00. The van der Waals surface area contributed by atoms with Crippen molar-refractivity contribution in [3.8, 4) is 11.8 Å². The van der Waals surface area contributed by atoms with Gasteiger partial charge >= 0.3 is 6.01 Å². The summed E-state index contributed by atoms with van der Waals surface area (Å²) in [5, 5.41) is 0. The molecule has 0 amide bonds. The van der Waals surface area contributed by atoms with Crippen molar-refractivity contribution >= 4 is 0 Å². The number of rotatable bonds is 3. The van der Waals surface area contributed by atoms with Crippen molar-refractivity contribution in [2.45, 2.75) is 20.4 Å². The SMILES string of the molecule is Cc1cc(CN)nc(Oc2cc(F)ccc2C)n1. The highest BCUT2D eigenvalue weighted by molar-refractivity contribution is 5.34. The van der Waals surface area contributed by atoms with Crippen molar-refractivity contribution < 1.29 is 9.13 Å². The van der Waals surface area contributed by atoms with E-state index >= 15 is 0 Å². The molecule has 0 fully saturated rings. The van der Waals surface area contributed by atoms with Gasteiger partial charge < -0.3 is 10.5 Å². The number of ether oxygens (including phenoxy) is 1. The molecule has 0 bridgehead atoms. The molecular formula is C13H14FN3O. The molecule has 4 nitrogen and oxygen atoms in total. The summed E-state index contributed by atoms with van der Waals surface area (Å²) in [6.07, 6.45) is 0. The van der Waals surface area contributed by atoms with E-state index in [0.717, 1.165) is 11.3 Å². The van der Waals surface area contributed by atoms with E-state index in [9.17, 15) is 4.39 Å². The Morgan fingerprint density at radius 3 is 2.72 bits per heavy atom. The third-order valence-electron chi connectivity index (χ3n) is 2.45. The van der Waals surface area contributed by atoms with Gasteiger partial charge in [0.2, 0.25) is 0 Å². The van der Waals surface area contributed by atoms with E-state index in [-0.39, 0.29) is 11.8 Å². The van der Waals surface area contributed by atoms with Gasteiger partial charge in [-0.2, -0.15) is 4.98 Å². The van der Waals surface area contributed by atoms with E-state index in [1.54, 1.807) is 12.1 Å². The summed E-state index contributed by atoms with van der Waals surface area (Å²) < 4.78 is 18.6. The molecule has 0 atom stereocenters. The van der Waals surface area contributed by atoms with Gasteiger partial charge in [0.25, 0.3) is 0 Å². The Hall–Kier alpha value is -2.01. The lowest BCUT2D eigenvalue weighted by Gasteiger charge is -2.08. The summed E-state index contributed by atoms with van der Waals surface area (Å²) in [7, 11) is 0. The van der Waals surface area contributed by atoms with Gasteiger partial charge in [-0.25, -0.2) is 9.37 Å². The summed E-state index contributed by atoms with van der Waals surface area (Å²) in [5.74, 6) is 0.0471. The highest BCUT2D eigenvalue weighted by Gasteiger charge is 2.07. The van der Waals surface area contributed by atoms with Gasteiger partial charge in [-0.3, -0.25) is 0 Å². The van der Waals surface area contributed by atoms with Crippen LogP contribution in [0.15, 0.2) is 24.3 Å². The largest absolute Gasteiger partial charge is 0.424 e. The summed E-state index contributed by atoms with van der Waals surface area (Å²) in [6, 6.07) is 6.30. The first-order chi connectivity index (χ1) is 8.58. The van der Waals surface area contributed by atoms with Crippen molar-refractivity contribution in [2.24, 2.45) is 5.73 Å². The normalized spacial score (nSPS) is 10.4. The fourth-order valence-electron chi connectivity index (χ4n) is 1.54. The smallest absolute Gasteiger partial charge is 0.322 e. The Labute approximate surface area is 105 Å². The fraction of sp³-hybridized carbons (Fsp3) is 0.231. The van der Waals surface area contributed by atoms with Crippen LogP contribution >= 0.6 is 0 Å². The molecule has 18 heavy (non-hydrogen) atoms. The van der Waals surface area contributed by atoms with Crippen LogP contribution in [0, 0.1) is 19.7 Å². The Bertz CT molecular complexity index is 572. The molecule has 2 N–H and O–H groups in total. The number of nitrogens with zero attached hydrogens (tertiary/aromatic N) is 2. The zero-order valence-corrected chi connectivity index (χ0v) is 10.3. The van der Waals surface area contributed by atoms with Crippen LogP contribution < -0.4 is 10.5 Å². The average molecular weight is 247 g/mol. The number of halogens is 1. The number of hydrogen-bond acceptors (Lipinski definition) is 4. The van der Waals surface area contributed by atoms with Gasteiger partial charge in [0, 0.05) is 18.3 Å². The molecule has 2 rings (SSSR count). The number of hydrogen-bond donors (Lipinski definition) is 1. The lowest BCUT2D eigenvalue weighted by molar-refractivity contribution is 0.431. The van der Waals surface area contributed by atoms with Gasteiger partial charge in [-0.1, -0.05) is 6.07 Å². The van der Waals surface area contributed by atoms with Crippen molar-refractivity contribution in [3.05, 3.63) is 47.0 Å². The molecule has 0 saturated carbocycles. The van der Waals surface area contributed by atoms with Crippen LogP contribution in [0.2, 0.25) is 0 Å². The van der Waals surface area contributed by atoms with Gasteiger partial charge in [0.05, 0.1) is 5.69 Å². The molecule has 1 heterocycles. The third kappa shape index (κ3) is 2.81. The lowest BCUT2D eigenvalue weighted by Crippen LogP contribution is -2.04. The third-order valence-corrected chi connectivity index (χ3v) is 2.45. The number of aromatic nitrogens is 2. The monoisotopic (exact) mass is 247 g/mol. The maximum absolute atomic E-state index is 13.1. The number of benzene rings is 1. The lowest BCUT2D eigenvalue weighted by atomic mass is 10.2. The van der Waals surface area contributed by atoms with E-state index in [2.05, 4.69) is 9.97 Å². The van der Waals surface area contributed by atoms with Crippen LogP contribution in [0.4, 0.5) is 4.39 Å². The minimum atomic E-state index is -0.359. The van der Waals surface area contributed by atoms with Crippen molar-refractivity contribution in [1.82, 2.24) is 9.97 Å². The average Bonchev–Trinajstić information content (AvgIpc) is 2.33. The summed E-state index contributed by atoms with van der Waals surface area (Å²) in [4.78, 5) is 8.27. The van der Waals surface area contributed by atoms with Crippen molar-refractivity contribution in [2.75, 3.05) is 0 Å². The van der Waals surface area contributed by atoms with Crippen LogP contribution in [0.3, 0.4) is 0 Å². The Morgan fingerprint density at radius 2 is 2.00 bits per heavy atom. The molecule has 0 spiro atoms. The zero-order chi connectivity index (χ0) is 13.1. The molecule has 1 aromatic carbocycles. The van der Waals surface area contributed by atoms with E-state index in [1.807, 2.05) is 13.8 Å².